The lowest BCUT2D eigenvalue weighted by Gasteiger charge is -2.37. The number of anilines is 2. The van der Waals surface area contributed by atoms with Gasteiger partial charge in [0.2, 0.25) is 0 Å². The standard InChI is InChI=1S/C25H35ClN4O2S/c1-20(2)22-8-11-24(12-9-22)33(31,32)30(26)23-10-13-25(27-18-23)29-16-14-28(15-17-29)19-21-6-4-3-5-7-21/h8-13,18,20-21H,3-7,14-17,19H2,1-2H3. The van der Waals surface area contributed by atoms with Crippen molar-refractivity contribution < 1.29 is 8.42 Å². The van der Waals surface area contributed by atoms with E-state index in [4.69, 9.17) is 11.8 Å². The minimum absolute atomic E-state index is 0.167. The van der Waals surface area contributed by atoms with E-state index in [1.54, 1.807) is 18.2 Å². The fourth-order valence-corrected chi connectivity index (χ4v) is 6.21. The lowest BCUT2D eigenvalue weighted by molar-refractivity contribution is 0.192. The largest absolute Gasteiger partial charge is 0.354 e. The van der Waals surface area contributed by atoms with Crippen LogP contribution in [-0.2, 0) is 10.0 Å². The summed E-state index contributed by atoms with van der Waals surface area (Å²) in [5.74, 6) is 2.06. The van der Waals surface area contributed by atoms with Crippen molar-refractivity contribution in [1.82, 2.24) is 9.88 Å². The van der Waals surface area contributed by atoms with Crippen LogP contribution in [0.3, 0.4) is 0 Å². The van der Waals surface area contributed by atoms with E-state index < -0.39 is 10.0 Å². The van der Waals surface area contributed by atoms with Gasteiger partial charge in [0, 0.05) is 44.5 Å². The highest BCUT2D eigenvalue weighted by Crippen LogP contribution is 2.28. The van der Waals surface area contributed by atoms with E-state index in [9.17, 15) is 8.42 Å². The maximum absolute atomic E-state index is 13.0. The third kappa shape index (κ3) is 5.81. The summed E-state index contributed by atoms with van der Waals surface area (Å²) in [7, 11) is -3.86. The monoisotopic (exact) mass is 490 g/mol. The van der Waals surface area contributed by atoms with Gasteiger partial charge in [-0.2, -0.15) is 12.2 Å². The van der Waals surface area contributed by atoms with Gasteiger partial charge in [0.1, 0.15) is 5.82 Å². The van der Waals surface area contributed by atoms with Crippen molar-refractivity contribution in [3.05, 3.63) is 48.2 Å². The average molecular weight is 491 g/mol. The molecule has 0 radical (unpaired) electrons. The second kappa shape index (κ2) is 10.6. The van der Waals surface area contributed by atoms with Gasteiger partial charge in [0.05, 0.1) is 16.8 Å². The van der Waals surface area contributed by atoms with Crippen LogP contribution in [0.15, 0.2) is 47.5 Å². The van der Waals surface area contributed by atoms with Gasteiger partial charge < -0.3 is 4.90 Å². The van der Waals surface area contributed by atoms with Crippen molar-refractivity contribution in [2.24, 2.45) is 5.92 Å². The molecule has 33 heavy (non-hydrogen) atoms. The quantitative estimate of drug-likeness (QED) is 0.496. The van der Waals surface area contributed by atoms with Crippen molar-refractivity contribution in [2.75, 3.05) is 41.4 Å². The van der Waals surface area contributed by atoms with Crippen LogP contribution in [0.5, 0.6) is 0 Å². The van der Waals surface area contributed by atoms with Crippen molar-refractivity contribution in [1.29, 1.82) is 0 Å². The van der Waals surface area contributed by atoms with Gasteiger partial charge in [0.15, 0.2) is 0 Å². The maximum atomic E-state index is 13.0. The predicted molar refractivity (Wildman–Crippen MR) is 136 cm³/mol. The number of piperazine rings is 1. The third-order valence-electron chi connectivity index (χ3n) is 6.93. The number of nitrogens with zero attached hydrogens (tertiary/aromatic N) is 4. The van der Waals surface area contributed by atoms with Crippen LogP contribution < -0.4 is 8.72 Å². The first-order chi connectivity index (χ1) is 15.8. The van der Waals surface area contributed by atoms with Crippen LogP contribution in [0, 0.1) is 5.92 Å². The molecule has 180 valence electrons. The molecule has 2 aromatic rings. The first kappa shape index (κ1) is 24.3. The molecule has 0 unspecified atom stereocenters. The Bertz CT molecular complexity index is 998. The molecular formula is C25H35ClN4O2S. The molecule has 2 aliphatic rings. The van der Waals surface area contributed by atoms with Gasteiger partial charge in [0.25, 0.3) is 10.0 Å². The highest BCUT2D eigenvalue weighted by Gasteiger charge is 2.25. The summed E-state index contributed by atoms with van der Waals surface area (Å²) in [4.78, 5) is 9.54. The summed E-state index contributed by atoms with van der Waals surface area (Å²) in [5, 5.41) is 0. The zero-order valence-corrected chi connectivity index (χ0v) is 21.2. The highest BCUT2D eigenvalue weighted by molar-refractivity contribution is 7.94. The molecular weight excluding hydrogens is 456 g/mol. The number of aromatic nitrogens is 1. The Morgan fingerprint density at radius 2 is 1.67 bits per heavy atom. The first-order valence-corrected chi connectivity index (χ1v) is 13.9. The minimum atomic E-state index is -3.86. The van der Waals surface area contributed by atoms with E-state index in [0.717, 1.165) is 47.3 Å². The van der Waals surface area contributed by atoms with Gasteiger partial charge >= 0.3 is 0 Å². The van der Waals surface area contributed by atoms with Crippen molar-refractivity contribution >= 4 is 33.3 Å². The first-order valence-electron chi connectivity index (χ1n) is 12.1. The van der Waals surface area contributed by atoms with E-state index in [1.807, 2.05) is 18.2 Å². The lowest BCUT2D eigenvalue weighted by atomic mass is 9.89. The van der Waals surface area contributed by atoms with Crippen LogP contribution in [0.25, 0.3) is 0 Å². The van der Waals surface area contributed by atoms with Gasteiger partial charge in [-0.25, -0.2) is 4.98 Å². The summed E-state index contributed by atoms with van der Waals surface area (Å²) in [6.07, 6.45) is 8.47. The predicted octanol–water partition coefficient (Wildman–Crippen LogP) is 5.26. The molecule has 6 nitrogen and oxygen atoms in total. The van der Waals surface area contributed by atoms with Crippen LogP contribution in [0.4, 0.5) is 11.5 Å². The molecule has 1 aromatic heterocycles. The number of halogens is 1. The molecule has 0 atom stereocenters. The zero-order chi connectivity index (χ0) is 23.4. The number of rotatable bonds is 7. The molecule has 1 aromatic carbocycles. The second-order valence-electron chi connectivity index (χ2n) is 9.61. The Labute approximate surface area is 203 Å². The smallest absolute Gasteiger partial charge is 0.278 e. The molecule has 1 aliphatic heterocycles. The van der Waals surface area contributed by atoms with E-state index in [0.29, 0.717) is 11.6 Å². The fourth-order valence-electron chi connectivity index (χ4n) is 4.82. The Kier molecular flexibility index (Phi) is 7.82. The van der Waals surface area contributed by atoms with Crippen LogP contribution in [0.2, 0.25) is 0 Å². The number of hydrogen-bond donors (Lipinski definition) is 0. The van der Waals surface area contributed by atoms with Gasteiger partial charge in [-0.3, -0.25) is 4.90 Å². The molecule has 1 saturated heterocycles. The third-order valence-corrected chi connectivity index (χ3v) is 9.17. The SMILES string of the molecule is CC(C)c1ccc(S(=O)(=O)N(Cl)c2ccc(N3CCN(CC4CCCCC4)CC3)nc2)cc1. The van der Waals surface area contributed by atoms with Gasteiger partial charge in [-0.05, 0) is 54.5 Å². The minimum Gasteiger partial charge on any atom is -0.354 e. The average Bonchev–Trinajstić information content (AvgIpc) is 2.85. The lowest BCUT2D eigenvalue weighted by Crippen LogP contribution is -2.48. The zero-order valence-electron chi connectivity index (χ0n) is 19.7. The molecule has 4 rings (SSSR count). The summed E-state index contributed by atoms with van der Waals surface area (Å²) in [6, 6.07) is 10.5. The molecule has 8 heteroatoms. The Morgan fingerprint density at radius 3 is 2.24 bits per heavy atom. The second-order valence-corrected chi connectivity index (χ2v) is 11.9. The molecule has 2 heterocycles. The van der Waals surface area contributed by atoms with Crippen molar-refractivity contribution in [2.45, 2.75) is 56.8 Å². The highest BCUT2D eigenvalue weighted by atomic mass is 35.5. The summed E-state index contributed by atoms with van der Waals surface area (Å²) in [5.41, 5.74) is 1.42. The Morgan fingerprint density at radius 1 is 1.00 bits per heavy atom. The topological polar surface area (TPSA) is 56.8 Å². The van der Waals surface area contributed by atoms with Gasteiger partial charge in [-0.1, -0.05) is 45.2 Å². The molecule has 0 bridgehead atoms. The van der Waals surface area contributed by atoms with E-state index >= 15 is 0 Å². The van der Waals surface area contributed by atoms with Crippen molar-refractivity contribution in [3.8, 4) is 0 Å². The molecule has 0 N–H and O–H groups in total. The molecule has 0 amide bonds. The summed E-state index contributed by atoms with van der Waals surface area (Å²) < 4.78 is 26.7. The molecule has 1 aliphatic carbocycles. The normalized spacial score (nSPS) is 18.6. The van der Waals surface area contributed by atoms with Crippen LogP contribution in [0.1, 0.15) is 57.4 Å². The maximum Gasteiger partial charge on any atom is 0.278 e. The van der Waals surface area contributed by atoms with Gasteiger partial charge in [-0.15, -0.1) is 0 Å². The molecule has 2 fully saturated rings. The van der Waals surface area contributed by atoms with E-state index in [1.165, 1.54) is 44.8 Å². The van der Waals surface area contributed by atoms with Crippen molar-refractivity contribution in [3.63, 3.8) is 0 Å². The number of hydrogen-bond acceptors (Lipinski definition) is 5. The molecule has 0 spiro atoms. The fraction of sp³-hybridized carbons (Fsp3) is 0.560. The molecule has 1 saturated carbocycles. The van der Waals surface area contributed by atoms with Crippen LogP contribution in [-0.4, -0.2) is 51.0 Å². The van der Waals surface area contributed by atoms with E-state index in [2.05, 4.69) is 28.6 Å². The number of benzene rings is 1. The number of sulfonamides is 1. The van der Waals surface area contributed by atoms with Crippen LogP contribution >= 0.6 is 11.8 Å². The summed E-state index contributed by atoms with van der Waals surface area (Å²) in [6.45, 7) is 9.32. The van der Waals surface area contributed by atoms with E-state index in [-0.39, 0.29) is 4.90 Å². The Hall–Kier alpha value is -1.83. The summed E-state index contributed by atoms with van der Waals surface area (Å²) >= 11 is 6.27. The Balaban J connectivity index is 1.35. The number of pyridine rings is 1.